The van der Waals surface area contributed by atoms with E-state index in [0.29, 0.717) is 24.4 Å². The van der Waals surface area contributed by atoms with E-state index in [1.54, 1.807) is 12.1 Å². The van der Waals surface area contributed by atoms with E-state index in [4.69, 9.17) is 0 Å². The van der Waals surface area contributed by atoms with E-state index < -0.39 is 12.0 Å². The van der Waals surface area contributed by atoms with Crippen LogP contribution in [0.4, 0.5) is 5.69 Å². The Morgan fingerprint density at radius 1 is 1.31 bits per heavy atom. The van der Waals surface area contributed by atoms with Crippen molar-refractivity contribution < 1.29 is 14.8 Å². The Hall–Kier alpha value is -2.38. The van der Waals surface area contributed by atoms with Crippen LogP contribution in [0.25, 0.3) is 0 Å². The normalized spacial score (nSPS) is 17.3. The zero-order valence-electron chi connectivity index (χ0n) is 14.4. The predicted molar refractivity (Wildman–Crippen MR) is 99.5 cm³/mol. The minimum Gasteiger partial charge on any atom is -0.480 e. The number of likely N-dealkylation sites (tertiary alicyclic amines) is 1. The number of carboxylic acids is 1. The topological polar surface area (TPSA) is 83.7 Å². The standard InChI is InChI=1S/C19H20N2O4S/c1-13-4-7-15(8-5-13)26-18-9-6-14(11-17(18)21(24)25)12-20-10-2-3-16(20)19(22)23/h4-9,11,16H,2-3,10,12H2,1H3,(H,22,23)/t16-/m0/s1. The lowest BCUT2D eigenvalue weighted by Crippen LogP contribution is -2.35. The number of nitrogens with zero attached hydrogens (tertiary/aromatic N) is 2. The number of carbonyl (C=O) groups is 1. The molecule has 0 bridgehead atoms. The summed E-state index contributed by atoms with van der Waals surface area (Å²) in [7, 11) is 0. The van der Waals surface area contributed by atoms with Crippen LogP contribution in [0.3, 0.4) is 0 Å². The fraction of sp³-hybridized carbons (Fsp3) is 0.316. The van der Waals surface area contributed by atoms with Gasteiger partial charge in [-0.1, -0.05) is 35.5 Å². The minimum absolute atomic E-state index is 0.0548. The van der Waals surface area contributed by atoms with Gasteiger partial charge in [-0.2, -0.15) is 0 Å². The lowest BCUT2D eigenvalue weighted by Gasteiger charge is -2.21. The molecule has 1 heterocycles. The van der Waals surface area contributed by atoms with E-state index in [0.717, 1.165) is 22.4 Å². The smallest absolute Gasteiger partial charge is 0.320 e. The number of aliphatic carboxylic acids is 1. The maximum atomic E-state index is 11.5. The van der Waals surface area contributed by atoms with Gasteiger partial charge in [-0.3, -0.25) is 19.8 Å². The molecular weight excluding hydrogens is 352 g/mol. The molecule has 3 rings (SSSR count). The van der Waals surface area contributed by atoms with Crippen molar-refractivity contribution in [1.29, 1.82) is 0 Å². The quantitative estimate of drug-likeness (QED) is 0.607. The van der Waals surface area contributed by atoms with Crippen molar-refractivity contribution in [2.45, 2.75) is 42.1 Å². The first-order valence-corrected chi connectivity index (χ1v) is 9.24. The zero-order valence-corrected chi connectivity index (χ0v) is 15.2. The molecule has 0 saturated carbocycles. The third-order valence-corrected chi connectivity index (χ3v) is 5.58. The summed E-state index contributed by atoms with van der Waals surface area (Å²) >= 11 is 1.36. The molecule has 1 aliphatic rings. The molecule has 1 aliphatic heterocycles. The average molecular weight is 372 g/mol. The molecule has 0 spiro atoms. The number of hydrogen-bond acceptors (Lipinski definition) is 5. The molecule has 26 heavy (non-hydrogen) atoms. The lowest BCUT2D eigenvalue weighted by molar-refractivity contribution is -0.387. The van der Waals surface area contributed by atoms with Crippen LogP contribution in [0.1, 0.15) is 24.0 Å². The van der Waals surface area contributed by atoms with Crippen molar-refractivity contribution in [3.63, 3.8) is 0 Å². The average Bonchev–Trinajstić information content (AvgIpc) is 3.06. The second-order valence-electron chi connectivity index (χ2n) is 6.44. The van der Waals surface area contributed by atoms with Crippen molar-refractivity contribution in [2.24, 2.45) is 0 Å². The lowest BCUT2D eigenvalue weighted by atomic mass is 10.1. The van der Waals surface area contributed by atoms with Crippen LogP contribution in [-0.2, 0) is 11.3 Å². The molecule has 2 aromatic rings. The molecule has 7 heteroatoms. The predicted octanol–water partition coefficient (Wildman–Crippen LogP) is 4.10. The van der Waals surface area contributed by atoms with E-state index >= 15 is 0 Å². The first-order valence-electron chi connectivity index (χ1n) is 8.43. The van der Waals surface area contributed by atoms with Gasteiger partial charge < -0.3 is 5.11 Å². The fourth-order valence-electron chi connectivity index (χ4n) is 3.15. The first kappa shape index (κ1) is 18.4. The van der Waals surface area contributed by atoms with Crippen LogP contribution in [0.15, 0.2) is 52.3 Å². The monoisotopic (exact) mass is 372 g/mol. The maximum absolute atomic E-state index is 11.5. The van der Waals surface area contributed by atoms with Crippen LogP contribution in [0.2, 0.25) is 0 Å². The van der Waals surface area contributed by atoms with E-state index in [1.165, 1.54) is 11.8 Å². The van der Waals surface area contributed by atoms with Crippen LogP contribution in [-0.4, -0.2) is 33.5 Å². The van der Waals surface area contributed by atoms with Gasteiger partial charge in [0.2, 0.25) is 0 Å². The molecule has 0 radical (unpaired) electrons. The summed E-state index contributed by atoms with van der Waals surface area (Å²) < 4.78 is 0. The number of rotatable bonds is 6. The molecule has 0 aliphatic carbocycles. The highest BCUT2D eigenvalue weighted by atomic mass is 32.2. The Kier molecular flexibility index (Phi) is 5.58. The summed E-state index contributed by atoms with van der Waals surface area (Å²) in [5.41, 5.74) is 1.95. The molecular formula is C19H20N2O4S. The molecule has 0 amide bonds. The van der Waals surface area contributed by atoms with Crippen molar-refractivity contribution in [3.05, 3.63) is 63.7 Å². The number of aryl methyl sites for hydroxylation is 1. The second-order valence-corrected chi connectivity index (χ2v) is 7.56. The van der Waals surface area contributed by atoms with Gasteiger partial charge in [0.1, 0.15) is 6.04 Å². The molecule has 1 fully saturated rings. The van der Waals surface area contributed by atoms with Gasteiger partial charge in [0.25, 0.3) is 5.69 Å². The van der Waals surface area contributed by atoms with Crippen LogP contribution in [0.5, 0.6) is 0 Å². The molecule has 2 aromatic carbocycles. The third kappa shape index (κ3) is 4.23. The van der Waals surface area contributed by atoms with Crippen molar-refractivity contribution in [3.8, 4) is 0 Å². The Labute approximate surface area is 156 Å². The molecule has 6 nitrogen and oxygen atoms in total. The Morgan fingerprint density at radius 3 is 2.69 bits per heavy atom. The number of benzene rings is 2. The van der Waals surface area contributed by atoms with E-state index in [1.807, 2.05) is 42.2 Å². The third-order valence-electron chi connectivity index (χ3n) is 4.50. The summed E-state index contributed by atoms with van der Waals surface area (Å²) in [4.78, 5) is 25.8. The van der Waals surface area contributed by atoms with Gasteiger partial charge in [-0.15, -0.1) is 0 Å². The summed E-state index contributed by atoms with van der Waals surface area (Å²) in [6, 6.07) is 12.5. The summed E-state index contributed by atoms with van der Waals surface area (Å²) in [6.45, 7) is 3.10. The van der Waals surface area contributed by atoms with Gasteiger partial charge in [0.05, 0.1) is 9.82 Å². The SMILES string of the molecule is Cc1ccc(Sc2ccc(CN3CCC[C@H]3C(=O)O)cc2[N+](=O)[O-])cc1. The molecule has 0 unspecified atom stereocenters. The largest absolute Gasteiger partial charge is 0.480 e. The van der Waals surface area contributed by atoms with Gasteiger partial charge >= 0.3 is 5.97 Å². The van der Waals surface area contributed by atoms with Crippen molar-refractivity contribution in [2.75, 3.05) is 6.54 Å². The highest BCUT2D eigenvalue weighted by molar-refractivity contribution is 7.99. The number of carboxylic acid groups (broad SMARTS) is 1. The number of nitro benzene ring substituents is 1. The minimum atomic E-state index is -0.830. The molecule has 1 atom stereocenters. The summed E-state index contributed by atoms with van der Waals surface area (Å²) in [6.07, 6.45) is 1.46. The van der Waals surface area contributed by atoms with Crippen LogP contribution < -0.4 is 0 Å². The summed E-state index contributed by atoms with van der Waals surface area (Å²) in [5.74, 6) is -0.830. The first-order chi connectivity index (χ1) is 12.4. The van der Waals surface area contributed by atoms with Gasteiger partial charge in [-0.05, 0) is 50.1 Å². The maximum Gasteiger partial charge on any atom is 0.320 e. The fourth-order valence-corrected chi connectivity index (χ4v) is 4.05. The highest BCUT2D eigenvalue weighted by Gasteiger charge is 2.30. The Bertz CT molecular complexity index is 823. The molecule has 136 valence electrons. The van der Waals surface area contributed by atoms with Gasteiger partial charge in [-0.25, -0.2) is 0 Å². The summed E-state index contributed by atoms with van der Waals surface area (Å²) in [5, 5.41) is 20.8. The number of nitro groups is 1. The van der Waals surface area contributed by atoms with Gasteiger partial charge in [0.15, 0.2) is 0 Å². The Morgan fingerprint density at radius 2 is 2.04 bits per heavy atom. The second kappa shape index (κ2) is 7.88. The van der Waals surface area contributed by atoms with Crippen molar-refractivity contribution >= 4 is 23.4 Å². The van der Waals surface area contributed by atoms with E-state index in [2.05, 4.69) is 0 Å². The molecule has 1 saturated heterocycles. The van der Waals surface area contributed by atoms with E-state index in [9.17, 15) is 20.0 Å². The highest BCUT2D eigenvalue weighted by Crippen LogP contribution is 2.36. The Balaban J connectivity index is 1.81. The van der Waals surface area contributed by atoms with Crippen molar-refractivity contribution in [1.82, 2.24) is 4.90 Å². The van der Waals surface area contributed by atoms with Crippen LogP contribution >= 0.6 is 11.8 Å². The van der Waals surface area contributed by atoms with E-state index in [-0.39, 0.29) is 10.6 Å². The molecule has 0 aromatic heterocycles. The molecule has 1 N–H and O–H groups in total. The van der Waals surface area contributed by atoms with Crippen LogP contribution in [0, 0.1) is 17.0 Å². The van der Waals surface area contributed by atoms with Gasteiger partial charge in [0, 0.05) is 17.5 Å². The number of hydrogen-bond donors (Lipinski definition) is 1. The zero-order chi connectivity index (χ0) is 18.7.